The zero-order valence-corrected chi connectivity index (χ0v) is 43.2. The van der Waals surface area contributed by atoms with E-state index >= 15 is 4.57 Å². The highest BCUT2D eigenvalue weighted by molar-refractivity contribution is 7.48. The second-order valence-electron chi connectivity index (χ2n) is 20.4. The Balaban J connectivity index is 1.49. The minimum Gasteiger partial charge on any atom is -0.223 e. The van der Waals surface area contributed by atoms with Crippen molar-refractivity contribution in [2.75, 3.05) is 0 Å². The van der Waals surface area contributed by atoms with Gasteiger partial charge in [0.05, 0.1) is 0 Å². The van der Waals surface area contributed by atoms with Gasteiger partial charge in [0.2, 0.25) is 0 Å². The molecule has 0 heterocycles. The molecule has 0 aliphatic carbocycles. The second kappa shape index (κ2) is 24.7. The quantitative estimate of drug-likeness (QED) is 0.0377. The first-order valence-corrected chi connectivity index (χ1v) is 26.4. The number of hydroxylamine groups is 6. The van der Waals surface area contributed by atoms with Gasteiger partial charge in [-0.2, -0.15) is 29.1 Å². The molecule has 0 saturated carbocycles. The minimum absolute atomic E-state index is 0.220. The van der Waals surface area contributed by atoms with Crippen LogP contribution in [0.5, 0.6) is 0 Å². The molecule has 0 N–H and O–H groups in total. The van der Waals surface area contributed by atoms with Gasteiger partial charge in [-0.3, -0.25) is 0 Å². The molecule has 68 heavy (non-hydrogen) atoms. The van der Waals surface area contributed by atoms with E-state index in [1.165, 1.54) is 16.7 Å². The standard InChI is InChI=1S/C60H78N3O4P/c1-49(2)61(58(7,46-55-34-22-13-23-35-55)43-40-52-28-16-10-17-29-52)65-68(64,66-62(50(3)4)59(8,47-56-36-24-14-25-37-56)44-41-53-30-18-11-19-31-53)67-63(51(5)6)60(9,48-57-38-26-15-27-39-57)45-42-54-32-20-12-21-33-54/h10-39,49-51H,40-48H2,1-9H3. The summed E-state index contributed by atoms with van der Waals surface area (Å²) in [6.45, 7) is 19.3. The number of hydrogen-bond acceptors (Lipinski definition) is 7. The molecule has 0 spiro atoms. The van der Waals surface area contributed by atoms with Crippen molar-refractivity contribution in [2.45, 2.75) is 155 Å². The Morgan fingerprint density at radius 2 is 0.544 bits per heavy atom. The van der Waals surface area contributed by atoms with Crippen LogP contribution in [-0.2, 0) is 57.0 Å². The Kier molecular flexibility index (Phi) is 19.2. The predicted octanol–water partition coefficient (Wildman–Crippen LogP) is 14.9. The summed E-state index contributed by atoms with van der Waals surface area (Å²) < 4.78 is 38.7. The van der Waals surface area contributed by atoms with Gasteiger partial charge in [-0.25, -0.2) is 4.57 Å². The molecule has 362 valence electrons. The molecule has 0 aromatic heterocycles. The molecule has 3 unspecified atom stereocenters. The summed E-state index contributed by atoms with van der Waals surface area (Å²) >= 11 is 0. The van der Waals surface area contributed by atoms with Crippen LogP contribution in [0.2, 0.25) is 0 Å². The van der Waals surface area contributed by atoms with E-state index in [1.807, 2.05) is 33.4 Å². The van der Waals surface area contributed by atoms with Crippen molar-refractivity contribution in [3.8, 4) is 0 Å². The molecule has 6 aromatic rings. The van der Waals surface area contributed by atoms with Crippen molar-refractivity contribution in [1.82, 2.24) is 15.2 Å². The van der Waals surface area contributed by atoms with Gasteiger partial charge in [0.1, 0.15) is 0 Å². The van der Waals surface area contributed by atoms with Crippen molar-refractivity contribution in [3.05, 3.63) is 215 Å². The van der Waals surface area contributed by atoms with Gasteiger partial charge in [0, 0.05) is 34.7 Å². The normalized spacial score (nSPS) is 15.7. The summed E-state index contributed by atoms with van der Waals surface area (Å²) in [6, 6.07) is 62.7. The highest BCUT2D eigenvalue weighted by Gasteiger charge is 2.50. The number of hydrogen-bond donors (Lipinski definition) is 0. The lowest BCUT2D eigenvalue weighted by Gasteiger charge is -2.49. The fourth-order valence-electron chi connectivity index (χ4n) is 9.93. The molecule has 3 atom stereocenters. The van der Waals surface area contributed by atoms with E-state index in [0.717, 1.165) is 55.2 Å². The van der Waals surface area contributed by atoms with Crippen LogP contribution >= 0.6 is 7.82 Å². The first kappa shape index (κ1) is 52.7. The van der Waals surface area contributed by atoms with E-state index in [1.54, 1.807) is 0 Å². The van der Waals surface area contributed by atoms with E-state index in [9.17, 15) is 0 Å². The van der Waals surface area contributed by atoms with Crippen LogP contribution in [0.1, 0.15) is 115 Å². The Labute approximate surface area is 410 Å². The largest absolute Gasteiger partial charge is 0.525 e. The van der Waals surface area contributed by atoms with Crippen molar-refractivity contribution >= 4 is 7.82 Å². The third-order valence-electron chi connectivity index (χ3n) is 13.2. The molecule has 0 radical (unpaired) electrons. The molecule has 0 saturated heterocycles. The van der Waals surface area contributed by atoms with Crippen molar-refractivity contribution in [2.24, 2.45) is 0 Å². The lowest BCUT2D eigenvalue weighted by molar-refractivity contribution is -0.264. The predicted molar refractivity (Wildman–Crippen MR) is 282 cm³/mol. The van der Waals surface area contributed by atoms with E-state index in [0.29, 0.717) is 19.3 Å². The molecule has 6 rings (SSSR count). The summed E-state index contributed by atoms with van der Waals surface area (Å²) in [5, 5.41) is 5.83. The monoisotopic (exact) mass is 936 g/mol. The third kappa shape index (κ3) is 15.2. The smallest absolute Gasteiger partial charge is 0.223 e. The lowest BCUT2D eigenvalue weighted by atomic mass is 9.85. The van der Waals surface area contributed by atoms with Gasteiger partial charge in [-0.15, -0.1) is 0 Å². The molecule has 0 aliphatic rings. The Hall–Kier alpha value is -4.69. The zero-order chi connectivity index (χ0) is 48.6. The zero-order valence-electron chi connectivity index (χ0n) is 42.3. The van der Waals surface area contributed by atoms with Gasteiger partial charge in [0.25, 0.3) is 0 Å². The SMILES string of the molecule is CC(C)N(OP(=O)(ON(C(C)C)C(C)(CCc1ccccc1)Cc1ccccc1)ON(C(C)C)C(C)(CCc1ccccc1)Cc1ccccc1)C(C)(CCc1ccccc1)Cc1ccccc1. The van der Waals surface area contributed by atoms with Gasteiger partial charge in [0.15, 0.2) is 0 Å². The second-order valence-corrected chi connectivity index (χ2v) is 21.8. The first-order valence-electron chi connectivity index (χ1n) is 24.9. The maximum Gasteiger partial charge on any atom is 0.525 e. The summed E-state index contributed by atoms with van der Waals surface area (Å²) in [5.74, 6) is 0. The van der Waals surface area contributed by atoms with Crippen LogP contribution in [0.3, 0.4) is 0 Å². The number of nitrogens with zero attached hydrogens (tertiary/aromatic N) is 3. The van der Waals surface area contributed by atoms with E-state index in [4.69, 9.17) is 13.9 Å². The van der Waals surface area contributed by atoms with Crippen LogP contribution in [0.15, 0.2) is 182 Å². The van der Waals surface area contributed by atoms with Crippen LogP contribution in [0.4, 0.5) is 0 Å². The highest BCUT2D eigenvalue weighted by atomic mass is 31.2. The van der Waals surface area contributed by atoms with Crippen molar-refractivity contribution < 1.29 is 18.4 Å². The van der Waals surface area contributed by atoms with Crippen LogP contribution in [-0.4, -0.2) is 49.9 Å². The lowest BCUT2D eigenvalue weighted by Crippen LogP contribution is -2.55. The van der Waals surface area contributed by atoms with Crippen molar-refractivity contribution in [3.63, 3.8) is 0 Å². The maximum atomic E-state index is 16.9. The molecule has 0 amide bonds. The van der Waals surface area contributed by atoms with Gasteiger partial charge >= 0.3 is 7.82 Å². The van der Waals surface area contributed by atoms with Crippen LogP contribution in [0.25, 0.3) is 0 Å². The Bertz CT molecular complexity index is 2120. The van der Waals surface area contributed by atoms with Gasteiger partial charge in [-0.1, -0.05) is 182 Å². The molecule has 6 aromatic carbocycles. The number of phosphoric acid groups is 1. The summed E-state index contributed by atoms with van der Waals surface area (Å²) in [5.41, 5.74) is 5.22. The summed E-state index contributed by atoms with van der Waals surface area (Å²) in [7, 11) is -4.66. The van der Waals surface area contributed by atoms with E-state index in [-0.39, 0.29) is 18.1 Å². The van der Waals surface area contributed by atoms with E-state index in [2.05, 4.69) is 226 Å². The molecular formula is C60H78N3O4P. The fraction of sp³-hybridized carbons (Fsp3) is 0.400. The average Bonchev–Trinajstić information content (AvgIpc) is 3.34. The molecule has 0 fully saturated rings. The number of aryl methyl sites for hydroxylation is 3. The fourth-order valence-corrected chi connectivity index (χ4v) is 11.8. The third-order valence-corrected chi connectivity index (χ3v) is 14.4. The summed E-state index contributed by atoms with van der Waals surface area (Å²) in [6.07, 6.45) is 6.48. The Morgan fingerprint density at radius 1 is 0.353 bits per heavy atom. The molecular weight excluding hydrogens is 858 g/mol. The first-order chi connectivity index (χ1) is 32.6. The maximum absolute atomic E-state index is 16.9. The topological polar surface area (TPSA) is 54.5 Å². The van der Waals surface area contributed by atoms with Crippen molar-refractivity contribution in [1.29, 1.82) is 0 Å². The molecule has 7 nitrogen and oxygen atoms in total. The van der Waals surface area contributed by atoms with Gasteiger partial charge in [-0.05, 0) is 153 Å². The number of benzene rings is 6. The van der Waals surface area contributed by atoms with Gasteiger partial charge < -0.3 is 0 Å². The highest BCUT2D eigenvalue weighted by Crippen LogP contribution is 2.57. The Morgan fingerprint density at radius 3 is 0.735 bits per heavy atom. The summed E-state index contributed by atoms with van der Waals surface area (Å²) in [4.78, 5) is 0. The number of rotatable bonds is 27. The van der Waals surface area contributed by atoms with Crippen LogP contribution < -0.4 is 0 Å². The van der Waals surface area contributed by atoms with E-state index < -0.39 is 24.4 Å². The molecule has 0 bridgehead atoms. The van der Waals surface area contributed by atoms with Crippen LogP contribution in [0, 0.1) is 0 Å². The molecule has 0 aliphatic heterocycles. The average molecular weight is 936 g/mol. The molecule has 8 heteroatoms. The minimum atomic E-state index is -4.66.